The average Bonchev–Trinajstić information content (AvgIpc) is 3.42. The maximum atomic E-state index is 13.7. The van der Waals surface area contributed by atoms with E-state index in [1.807, 2.05) is 0 Å². The van der Waals surface area contributed by atoms with Gasteiger partial charge in [-0.1, -0.05) is 18.2 Å². The van der Waals surface area contributed by atoms with Gasteiger partial charge in [-0.2, -0.15) is 0 Å². The number of nitrogens with two attached hydrogens (primary N) is 1. The number of rotatable bonds is 4. The van der Waals surface area contributed by atoms with Crippen molar-refractivity contribution in [1.82, 2.24) is 24.3 Å². The number of hydrogen-bond acceptors (Lipinski definition) is 7. The summed E-state index contributed by atoms with van der Waals surface area (Å²) >= 11 is 0. The molecule has 3 aromatic heterocycles. The van der Waals surface area contributed by atoms with E-state index in [0.717, 1.165) is 0 Å². The molecule has 1 amide bonds. The largest absolute Gasteiger partial charge is 0.436 e. The van der Waals surface area contributed by atoms with Crippen LogP contribution in [0.25, 0.3) is 17.2 Å². The normalized spacial score (nSPS) is 16.7. The molecule has 11 heteroatoms. The third kappa shape index (κ3) is 3.32. The van der Waals surface area contributed by atoms with Crippen molar-refractivity contribution in [3.8, 4) is 23.1 Å². The number of nitrogen functional groups attached to an aromatic ring is 1. The van der Waals surface area contributed by atoms with Gasteiger partial charge in [0, 0.05) is 24.7 Å². The summed E-state index contributed by atoms with van der Waals surface area (Å²) in [6, 6.07) is 11.3. The molecule has 1 aliphatic rings. The van der Waals surface area contributed by atoms with E-state index >= 15 is 0 Å². The van der Waals surface area contributed by atoms with E-state index in [2.05, 4.69) is 25.3 Å². The van der Waals surface area contributed by atoms with Gasteiger partial charge in [0.05, 0.1) is 5.56 Å². The number of nitrogens with one attached hydrogen (secondary N) is 1. The molecule has 0 saturated heterocycles. The number of imidazole rings is 1. The number of benzene rings is 2. The van der Waals surface area contributed by atoms with Crippen molar-refractivity contribution < 1.29 is 18.3 Å². The molecule has 0 saturated carbocycles. The SMILES string of the molecule is CC1(c2ccc(F)cc2)C(=O)Nc2nc(-c3cn4ccnc4c(Oc4cccc(F)c4)n3)nc(N)c21. The third-order valence-electron chi connectivity index (χ3n) is 6.13. The highest BCUT2D eigenvalue weighted by atomic mass is 19.1. The summed E-state index contributed by atoms with van der Waals surface area (Å²) < 4.78 is 34.6. The van der Waals surface area contributed by atoms with Gasteiger partial charge >= 0.3 is 0 Å². The molecule has 1 atom stereocenters. The van der Waals surface area contributed by atoms with E-state index in [4.69, 9.17) is 10.5 Å². The number of aromatic nitrogens is 5. The molecule has 0 radical (unpaired) electrons. The van der Waals surface area contributed by atoms with Gasteiger partial charge in [-0.3, -0.25) is 4.79 Å². The van der Waals surface area contributed by atoms with Crippen LogP contribution in [0.4, 0.5) is 20.4 Å². The molecular weight excluding hydrogens is 468 g/mol. The van der Waals surface area contributed by atoms with Crippen LogP contribution in [0.2, 0.25) is 0 Å². The average molecular weight is 485 g/mol. The summed E-state index contributed by atoms with van der Waals surface area (Å²) in [6.45, 7) is 1.68. The Hall–Kier alpha value is -4.93. The fourth-order valence-corrected chi connectivity index (χ4v) is 4.30. The van der Waals surface area contributed by atoms with E-state index in [-0.39, 0.29) is 40.7 Å². The van der Waals surface area contributed by atoms with Crippen molar-refractivity contribution >= 4 is 23.2 Å². The van der Waals surface area contributed by atoms with Crippen molar-refractivity contribution in [3.05, 3.63) is 89.9 Å². The Morgan fingerprint density at radius 2 is 1.86 bits per heavy atom. The van der Waals surface area contributed by atoms with E-state index in [9.17, 15) is 13.6 Å². The predicted octanol–water partition coefficient (Wildman–Crippen LogP) is 4.10. The van der Waals surface area contributed by atoms with Crippen molar-refractivity contribution in [1.29, 1.82) is 0 Å². The second-order valence-corrected chi connectivity index (χ2v) is 8.39. The van der Waals surface area contributed by atoms with Crippen molar-refractivity contribution in [3.63, 3.8) is 0 Å². The van der Waals surface area contributed by atoms with Gasteiger partial charge in [-0.05, 0) is 36.8 Å². The van der Waals surface area contributed by atoms with Crippen LogP contribution in [0.5, 0.6) is 11.6 Å². The lowest BCUT2D eigenvalue weighted by molar-refractivity contribution is -0.119. The van der Waals surface area contributed by atoms with Gasteiger partial charge in [0.15, 0.2) is 5.82 Å². The third-order valence-corrected chi connectivity index (χ3v) is 6.13. The first kappa shape index (κ1) is 21.6. The van der Waals surface area contributed by atoms with Gasteiger partial charge in [0.25, 0.3) is 5.88 Å². The number of fused-ring (bicyclic) bond motifs is 2. The molecule has 1 aliphatic heterocycles. The predicted molar refractivity (Wildman–Crippen MR) is 126 cm³/mol. The number of carbonyl (C=O) groups excluding carboxylic acids is 1. The van der Waals surface area contributed by atoms with Crippen molar-refractivity contribution in [2.24, 2.45) is 0 Å². The van der Waals surface area contributed by atoms with Crippen LogP contribution < -0.4 is 15.8 Å². The van der Waals surface area contributed by atoms with Crippen molar-refractivity contribution in [2.45, 2.75) is 12.3 Å². The minimum absolute atomic E-state index is 0.0697. The van der Waals surface area contributed by atoms with Gasteiger partial charge in [0.2, 0.25) is 11.6 Å². The molecule has 9 nitrogen and oxygen atoms in total. The molecule has 0 aliphatic carbocycles. The molecule has 178 valence electrons. The smallest absolute Gasteiger partial charge is 0.264 e. The topological polar surface area (TPSA) is 120 Å². The number of halogens is 2. The number of amides is 1. The summed E-state index contributed by atoms with van der Waals surface area (Å²) in [5.74, 6) is -0.470. The van der Waals surface area contributed by atoms with E-state index in [1.54, 1.807) is 36.0 Å². The number of carbonyl (C=O) groups is 1. The zero-order valence-corrected chi connectivity index (χ0v) is 18.7. The van der Waals surface area contributed by atoms with Gasteiger partial charge in [0.1, 0.15) is 40.1 Å². The number of anilines is 2. The minimum Gasteiger partial charge on any atom is -0.436 e. The van der Waals surface area contributed by atoms with Crippen LogP contribution in [0.15, 0.2) is 67.1 Å². The van der Waals surface area contributed by atoms with E-state index in [0.29, 0.717) is 16.8 Å². The Kier molecular flexibility index (Phi) is 4.68. The molecule has 1 unspecified atom stereocenters. The monoisotopic (exact) mass is 485 g/mol. The lowest BCUT2D eigenvalue weighted by Gasteiger charge is -2.23. The van der Waals surface area contributed by atoms with Crippen molar-refractivity contribution in [2.75, 3.05) is 11.1 Å². The Morgan fingerprint density at radius 3 is 2.64 bits per heavy atom. The molecule has 2 aromatic carbocycles. The van der Waals surface area contributed by atoms with Gasteiger partial charge in [-0.15, -0.1) is 0 Å². The van der Waals surface area contributed by atoms with E-state index < -0.39 is 17.0 Å². The highest BCUT2D eigenvalue weighted by Crippen LogP contribution is 2.45. The Balaban J connectivity index is 1.46. The zero-order valence-electron chi connectivity index (χ0n) is 18.7. The summed E-state index contributed by atoms with van der Waals surface area (Å²) in [4.78, 5) is 30.7. The van der Waals surface area contributed by atoms with Crippen LogP contribution in [0.3, 0.4) is 0 Å². The first-order chi connectivity index (χ1) is 17.3. The van der Waals surface area contributed by atoms with Crippen LogP contribution in [0, 0.1) is 11.6 Å². The maximum absolute atomic E-state index is 13.7. The summed E-state index contributed by atoms with van der Waals surface area (Å²) in [7, 11) is 0. The minimum atomic E-state index is -1.21. The second kappa shape index (κ2) is 7.80. The Labute approximate surface area is 202 Å². The maximum Gasteiger partial charge on any atom is 0.264 e. The molecule has 0 spiro atoms. The number of hydrogen-bond donors (Lipinski definition) is 2. The molecule has 4 heterocycles. The van der Waals surface area contributed by atoms with Crippen LogP contribution in [-0.4, -0.2) is 30.2 Å². The number of nitrogens with zero attached hydrogens (tertiary/aromatic N) is 5. The van der Waals surface area contributed by atoms with Crippen LogP contribution in [0.1, 0.15) is 18.1 Å². The standard InChI is InChI=1S/C25H17F2N7O2/c1-25(13-5-7-14(26)8-6-13)18-19(28)31-20(32-21(18)33-24(25)35)17-12-34-10-9-29-22(34)23(30-17)36-16-4-2-3-15(27)11-16/h2-12H,1H3,(H3,28,31,32,33,35). The first-order valence-corrected chi connectivity index (χ1v) is 10.9. The van der Waals surface area contributed by atoms with Crippen LogP contribution >= 0.6 is 0 Å². The molecule has 0 fully saturated rings. The summed E-state index contributed by atoms with van der Waals surface area (Å²) in [5, 5.41) is 2.76. The summed E-state index contributed by atoms with van der Waals surface area (Å²) in [6.07, 6.45) is 4.88. The second-order valence-electron chi connectivity index (χ2n) is 8.39. The quantitative estimate of drug-likeness (QED) is 0.393. The van der Waals surface area contributed by atoms with Gasteiger partial charge < -0.3 is 20.2 Å². The highest BCUT2D eigenvalue weighted by molar-refractivity contribution is 6.09. The molecule has 6 rings (SSSR count). The number of ether oxygens (including phenoxy) is 1. The lowest BCUT2D eigenvalue weighted by Crippen LogP contribution is -2.33. The Bertz CT molecular complexity index is 1670. The Morgan fingerprint density at radius 1 is 1.06 bits per heavy atom. The molecule has 36 heavy (non-hydrogen) atoms. The lowest BCUT2D eigenvalue weighted by atomic mass is 9.78. The fourth-order valence-electron chi connectivity index (χ4n) is 4.30. The molecule has 3 N–H and O–H groups in total. The fraction of sp³-hybridized carbons (Fsp3) is 0.0800. The first-order valence-electron chi connectivity index (χ1n) is 10.9. The molecule has 0 bridgehead atoms. The molecular formula is C25H17F2N7O2. The van der Waals surface area contributed by atoms with E-state index in [1.165, 1.54) is 42.5 Å². The van der Waals surface area contributed by atoms with Crippen LogP contribution in [-0.2, 0) is 10.2 Å². The highest BCUT2D eigenvalue weighted by Gasteiger charge is 2.47. The summed E-state index contributed by atoms with van der Waals surface area (Å²) in [5.41, 5.74) is 6.76. The zero-order chi connectivity index (χ0) is 25.0. The van der Waals surface area contributed by atoms with Gasteiger partial charge in [-0.25, -0.2) is 28.7 Å². The molecule has 5 aromatic rings.